The highest BCUT2D eigenvalue weighted by Crippen LogP contribution is 2.52. The Hall–Kier alpha value is -1.38. The summed E-state index contributed by atoms with van der Waals surface area (Å²) in [6, 6.07) is 8.39. The largest absolute Gasteiger partial charge is 0.349 e. The Balaban J connectivity index is 2.38. The lowest BCUT2D eigenvalue weighted by Crippen LogP contribution is -2.07. The van der Waals surface area contributed by atoms with Gasteiger partial charge in [0, 0.05) is 0 Å². The Morgan fingerprint density at radius 3 is 2.29 bits per heavy atom. The van der Waals surface area contributed by atoms with Crippen LogP contribution in [0.25, 0.3) is 0 Å². The van der Waals surface area contributed by atoms with E-state index in [1.54, 1.807) is 30.3 Å². The fourth-order valence-electron chi connectivity index (χ4n) is 1.14. The number of aliphatic imine (C=N–C) groups is 2. The molecular formula is C9H8N2O2P+. The molecule has 0 saturated heterocycles. The summed E-state index contributed by atoms with van der Waals surface area (Å²) in [7, 11) is -3.57. The molecule has 0 fully saturated rings. The summed E-state index contributed by atoms with van der Waals surface area (Å²) in [5.41, 5.74) is 0. The fourth-order valence-corrected chi connectivity index (χ4v) is 2.39. The van der Waals surface area contributed by atoms with Crippen LogP contribution >= 0.6 is 7.37 Å². The summed E-state index contributed by atoms with van der Waals surface area (Å²) in [4.78, 5) is 17.3. The van der Waals surface area contributed by atoms with Gasteiger partial charge in [0.1, 0.15) is 0 Å². The van der Waals surface area contributed by atoms with Crippen LogP contribution in [0.5, 0.6) is 0 Å². The van der Waals surface area contributed by atoms with E-state index in [0.717, 1.165) is 0 Å². The molecule has 1 heterocycles. The molecule has 1 unspecified atom stereocenters. The van der Waals surface area contributed by atoms with Crippen LogP contribution in [0, 0.1) is 5.91 Å². The van der Waals surface area contributed by atoms with Crippen molar-refractivity contribution in [3.05, 3.63) is 36.2 Å². The maximum absolute atomic E-state index is 11.9. The summed E-state index contributed by atoms with van der Waals surface area (Å²) in [5, 5.41) is 0.353. The highest BCUT2D eigenvalue weighted by molar-refractivity contribution is 7.69. The van der Waals surface area contributed by atoms with Crippen LogP contribution in [-0.4, -0.2) is 17.3 Å². The van der Waals surface area contributed by atoms with Gasteiger partial charge in [-0.15, -0.1) is 0 Å². The van der Waals surface area contributed by atoms with Crippen molar-refractivity contribution in [3.8, 4) is 0 Å². The predicted molar refractivity (Wildman–Crippen MR) is 56.1 cm³/mol. The quantitative estimate of drug-likeness (QED) is 0.584. The second-order valence-electron chi connectivity index (χ2n) is 2.77. The minimum absolute atomic E-state index is 0.0105. The van der Waals surface area contributed by atoms with Crippen molar-refractivity contribution in [2.24, 2.45) is 9.98 Å². The van der Waals surface area contributed by atoms with E-state index in [1.165, 1.54) is 12.4 Å². The maximum Gasteiger partial charge on any atom is 0.349 e. The number of rotatable bonds is 2. The molecular weight excluding hydrogens is 199 g/mol. The number of benzene rings is 1. The first kappa shape index (κ1) is 9.19. The molecule has 0 bridgehead atoms. The molecule has 1 N–H and O–H groups in total. The Bertz CT molecular complexity index is 416. The molecule has 1 aromatic rings. The molecule has 70 valence electrons. The van der Waals surface area contributed by atoms with Crippen LogP contribution in [0.4, 0.5) is 0 Å². The summed E-state index contributed by atoms with van der Waals surface area (Å²) in [5.74, 6) is -0.0105. The van der Waals surface area contributed by atoms with Crippen LogP contribution in [0.2, 0.25) is 0 Å². The normalized spacial score (nSPS) is 18.5. The minimum Gasteiger partial charge on any atom is -0.326 e. The Morgan fingerprint density at radius 1 is 1.14 bits per heavy atom. The Morgan fingerprint density at radius 2 is 1.71 bits per heavy atom. The molecule has 0 aromatic heterocycles. The van der Waals surface area contributed by atoms with E-state index in [4.69, 9.17) is 0 Å². The van der Waals surface area contributed by atoms with Gasteiger partial charge >= 0.3 is 13.3 Å². The van der Waals surface area contributed by atoms with E-state index in [2.05, 4.69) is 9.98 Å². The zero-order valence-corrected chi connectivity index (χ0v) is 8.13. The molecule has 0 radical (unpaired) electrons. The molecule has 1 aromatic carbocycles. The molecule has 4 nitrogen and oxygen atoms in total. The lowest BCUT2D eigenvalue weighted by molar-refractivity contribution is 0.489. The summed E-state index contributed by atoms with van der Waals surface area (Å²) in [6.07, 6.45) is 2.81. The van der Waals surface area contributed by atoms with E-state index in [0.29, 0.717) is 5.30 Å². The molecule has 0 amide bonds. The van der Waals surface area contributed by atoms with Crippen molar-refractivity contribution < 1.29 is 9.46 Å². The van der Waals surface area contributed by atoms with Gasteiger partial charge in [0.25, 0.3) is 0 Å². The van der Waals surface area contributed by atoms with Gasteiger partial charge in [-0.25, -0.2) is 0 Å². The van der Waals surface area contributed by atoms with Gasteiger partial charge in [0.2, 0.25) is 0 Å². The van der Waals surface area contributed by atoms with Crippen molar-refractivity contribution in [2.45, 2.75) is 0 Å². The highest BCUT2D eigenvalue weighted by Gasteiger charge is 2.40. The van der Waals surface area contributed by atoms with Crippen molar-refractivity contribution in [2.75, 3.05) is 0 Å². The molecule has 1 aliphatic heterocycles. The average molecular weight is 207 g/mol. The van der Waals surface area contributed by atoms with Crippen LogP contribution in [0.15, 0.2) is 40.3 Å². The first-order valence-electron chi connectivity index (χ1n) is 4.04. The highest BCUT2D eigenvalue weighted by atomic mass is 31.2. The molecule has 14 heavy (non-hydrogen) atoms. The smallest absolute Gasteiger partial charge is 0.326 e. The van der Waals surface area contributed by atoms with Gasteiger partial charge in [-0.2, -0.15) is 0 Å². The van der Waals surface area contributed by atoms with Crippen molar-refractivity contribution in [1.29, 1.82) is 0 Å². The zero-order chi connectivity index (χ0) is 10.0. The standard InChI is InChI=1S/C9H7N2O2P/c12-14(13,9-10-6-7-11-9)8-4-2-1-3-5-8/h1-7H/p+1. The molecule has 1 atom stereocenters. The molecule has 0 aliphatic carbocycles. The third-order valence-corrected chi connectivity index (χ3v) is 3.60. The van der Waals surface area contributed by atoms with Crippen molar-refractivity contribution in [3.63, 3.8) is 0 Å². The molecule has 1 aliphatic rings. The number of nitrogens with zero attached hydrogens (tertiary/aromatic N) is 2. The zero-order valence-electron chi connectivity index (χ0n) is 7.24. The molecule has 5 heteroatoms. The number of hydrogen-bond donors (Lipinski definition) is 1. The minimum atomic E-state index is -3.57. The Kier molecular flexibility index (Phi) is 2.23. The summed E-state index contributed by atoms with van der Waals surface area (Å²) in [6.45, 7) is 0. The SMILES string of the molecule is O=P(O)(c1ccccc1)[C+]1N=CC=N1. The molecule has 0 spiro atoms. The summed E-state index contributed by atoms with van der Waals surface area (Å²) >= 11 is 0. The van der Waals surface area contributed by atoms with Crippen molar-refractivity contribution >= 4 is 25.1 Å². The first-order chi connectivity index (χ1) is 6.71. The average Bonchev–Trinajstić information content (AvgIpc) is 2.72. The van der Waals surface area contributed by atoms with Crippen LogP contribution in [0.3, 0.4) is 0 Å². The van der Waals surface area contributed by atoms with Gasteiger partial charge in [0.05, 0.1) is 5.30 Å². The van der Waals surface area contributed by atoms with Crippen molar-refractivity contribution in [1.82, 2.24) is 0 Å². The summed E-state index contributed by atoms with van der Waals surface area (Å²) < 4.78 is 11.9. The Labute approximate surface area is 81.5 Å². The van der Waals surface area contributed by atoms with E-state index in [1.807, 2.05) is 0 Å². The number of hydrogen-bond acceptors (Lipinski definition) is 3. The van der Waals surface area contributed by atoms with Gasteiger partial charge in [0.15, 0.2) is 12.4 Å². The molecule has 0 saturated carbocycles. The van der Waals surface area contributed by atoms with Gasteiger partial charge in [-0.3, -0.25) is 4.57 Å². The van der Waals surface area contributed by atoms with E-state index in [9.17, 15) is 9.46 Å². The second kappa shape index (κ2) is 3.40. The second-order valence-corrected chi connectivity index (χ2v) is 4.84. The molecule has 2 rings (SSSR count). The van der Waals surface area contributed by atoms with Gasteiger partial charge in [-0.1, -0.05) is 28.2 Å². The monoisotopic (exact) mass is 207 g/mol. The van der Waals surface area contributed by atoms with E-state index >= 15 is 0 Å². The van der Waals surface area contributed by atoms with Gasteiger partial charge < -0.3 is 4.89 Å². The third-order valence-electron chi connectivity index (χ3n) is 1.82. The maximum atomic E-state index is 11.9. The van der Waals surface area contributed by atoms with Gasteiger partial charge in [-0.05, 0) is 12.1 Å². The van der Waals surface area contributed by atoms with E-state index in [-0.39, 0.29) is 5.91 Å². The van der Waals surface area contributed by atoms with Crippen LogP contribution < -0.4 is 5.30 Å². The first-order valence-corrected chi connectivity index (χ1v) is 5.70. The van der Waals surface area contributed by atoms with Crippen LogP contribution in [0.1, 0.15) is 0 Å². The fraction of sp³-hybridized carbons (Fsp3) is 0. The van der Waals surface area contributed by atoms with Crippen LogP contribution in [-0.2, 0) is 4.57 Å². The predicted octanol–water partition coefficient (Wildman–Crippen LogP) is 1.18. The lowest BCUT2D eigenvalue weighted by Gasteiger charge is -2.07. The van der Waals surface area contributed by atoms with E-state index < -0.39 is 7.37 Å². The lowest BCUT2D eigenvalue weighted by atomic mass is 10.4. The topological polar surface area (TPSA) is 62.0 Å². The third kappa shape index (κ3) is 1.50.